The van der Waals surface area contributed by atoms with Gasteiger partial charge >= 0.3 is 29.6 Å². The molecule has 24 heavy (non-hydrogen) atoms. The SMILES string of the molecule is CC(Cl)Cn1cnc2c(Nc3ccccc3C(=O)[O-])ncnc21.[Na+]. The van der Waals surface area contributed by atoms with Crippen molar-refractivity contribution in [3.63, 3.8) is 0 Å². The molecule has 7 nitrogen and oxygen atoms in total. The van der Waals surface area contributed by atoms with Gasteiger partial charge in [0.1, 0.15) is 6.33 Å². The molecular formula is C15H13ClN5NaO2. The number of alkyl halides is 1. The van der Waals surface area contributed by atoms with Crippen LogP contribution in [0.3, 0.4) is 0 Å². The molecule has 0 fully saturated rings. The molecule has 0 aliphatic heterocycles. The number of nitrogens with zero attached hydrogens (tertiary/aromatic N) is 4. The molecule has 1 aromatic carbocycles. The van der Waals surface area contributed by atoms with E-state index in [1.54, 1.807) is 24.5 Å². The van der Waals surface area contributed by atoms with Gasteiger partial charge < -0.3 is 19.8 Å². The van der Waals surface area contributed by atoms with Crippen molar-refractivity contribution < 1.29 is 39.5 Å². The van der Waals surface area contributed by atoms with Crippen LogP contribution >= 0.6 is 11.6 Å². The first-order chi connectivity index (χ1) is 11.1. The van der Waals surface area contributed by atoms with E-state index in [2.05, 4.69) is 20.3 Å². The molecule has 1 N–H and O–H groups in total. The number of halogens is 1. The molecule has 0 saturated heterocycles. The van der Waals surface area contributed by atoms with Gasteiger partial charge in [-0.25, -0.2) is 15.0 Å². The van der Waals surface area contributed by atoms with E-state index >= 15 is 0 Å². The molecule has 0 amide bonds. The molecule has 0 spiro atoms. The molecule has 3 rings (SSSR count). The number of carboxylic acids is 1. The quantitative estimate of drug-likeness (QED) is 0.446. The number of benzene rings is 1. The minimum Gasteiger partial charge on any atom is -0.545 e. The first kappa shape index (κ1) is 18.7. The van der Waals surface area contributed by atoms with Gasteiger partial charge in [-0.2, -0.15) is 0 Å². The average Bonchev–Trinajstić information content (AvgIpc) is 2.91. The van der Waals surface area contributed by atoms with Crippen molar-refractivity contribution in [3.8, 4) is 0 Å². The van der Waals surface area contributed by atoms with Crippen LogP contribution in [0.25, 0.3) is 11.2 Å². The van der Waals surface area contributed by atoms with Gasteiger partial charge in [0.05, 0.1) is 12.3 Å². The third kappa shape index (κ3) is 3.87. The number of para-hydroxylation sites is 1. The maximum Gasteiger partial charge on any atom is 1.00 e. The molecule has 0 aliphatic rings. The zero-order valence-electron chi connectivity index (χ0n) is 13.2. The fourth-order valence-electron chi connectivity index (χ4n) is 2.27. The monoisotopic (exact) mass is 353 g/mol. The molecule has 9 heteroatoms. The van der Waals surface area contributed by atoms with E-state index in [1.807, 2.05) is 11.5 Å². The van der Waals surface area contributed by atoms with Crippen molar-refractivity contribution in [1.29, 1.82) is 0 Å². The molecule has 118 valence electrons. The molecule has 2 heterocycles. The van der Waals surface area contributed by atoms with E-state index in [1.165, 1.54) is 12.4 Å². The second kappa shape index (κ2) is 7.94. The number of carbonyl (C=O) groups is 1. The molecule has 1 unspecified atom stereocenters. The number of carboxylic acid groups (broad SMARTS) is 1. The van der Waals surface area contributed by atoms with Gasteiger partial charge in [-0.1, -0.05) is 18.2 Å². The van der Waals surface area contributed by atoms with E-state index in [-0.39, 0.29) is 40.5 Å². The zero-order chi connectivity index (χ0) is 16.4. The number of hydrogen-bond acceptors (Lipinski definition) is 6. The summed E-state index contributed by atoms with van der Waals surface area (Å²) in [5.41, 5.74) is 1.60. The van der Waals surface area contributed by atoms with Crippen LogP contribution in [0.4, 0.5) is 11.5 Å². The third-order valence-corrected chi connectivity index (χ3v) is 3.39. The van der Waals surface area contributed by atoms with Gasteiger partial charge in [-0.3, -0.25) is 0 Å². The summed E-state index contributed by atoms with van der Waals surface area (Å²) in [7, 11) is 0. The van der Waals surface area contributed by atoms with Gasteiger partial charge in [0, 0.05) is 23.2 Å². The second-order valence-corrected chi connectivity index (χ2v) is 5.78. The molecule has 2 aromatic heterocycles. The molecular weight excluding hydrogens is 341 g/mol. The van der Waals surface area contributed by atoms with Crippen LogP contribution in [0.1, 0.15) is 17.3 Å². The molecule has 0 radical (unpaired) electrons. The number of carbonyl (C=O) groups excluding carboxylic acids is 1. The third-order valence-electron chi connectivity index (χ3n) is 3.25. The smallest absolute Gasteiger partial charge is 0.545 e. The maximum absolute atomic E-state index is 11.2. The van der Waals surface area contributed by atoms with Crippen molar-refractivity contribution in [2.75, 3.05) is 5.32 Å². The Morgan fingerprint density at radius 1 is 1.33 bits per heavy atom. The van der Waals surface area contributed by atoms with Gasteiger partial charge in [0.15, 0.2) is 17.0 Å². The number of aromatic carboxylic acids is 1. The van der Waals surface area contributed by atoms with E-state index < -0.39 is 5.97 Å². The number of fused-ring (bicyclic) bond motifs is 1. The van der Waals surface area contributed by atoms with E-state index in [4.69, 9.17) is 11.6 Å². The predicted octanol–water partition coefficient (Wildman–Crippen LogP) is -1.44. The summed E-state index contributed by atoms with van der Waals surface area (Å²) < 4.78 is 1.82. The Balaban J connectivity index is 0.00000208. The largest absolute Gasteiger partial charge is 1.00 e. The summed E-state index contributed by atoms with van der Waals surface area (Å²) >= 11 is 6.01. The summed E-state index contributed by atoms with van der Waals surface area (Å²) in [6.07, 6.45) is 3.03. The summed E-state index contributed by atoms with van der Waals surface area (Å²) in [5.74, 6) is -0.843. The van der Waals surface area contributed by atoms with Crippen LogP contribution in [0.2, 0.25) is 0 Å². The molecule has 0 bridgehead atoms. The normalized spacial score (nSPS) is 11.8. The number of hydrogen-bond donors (Lipinski definition) is 1. The average molecular weight is 354 g/mol. The second-order valence-electron chi connectivity index (χ2n) is 5.03. The van der Waals surface area contributed by atoms with Gasteiger partial charge in [-0.15, -0.1) is 11.6 Å². The minimum atomic E-state index is -1.26. The summed E-state index contributed by atoms with van der Waals surface area (Å²) in [6.45, 7) is 2.44. The van der Waals surface area contributed by atoms with Crippen molar-refractivity contribution in [1.82, 2.24) is 19.5 Å². The zero-order valence-corrected chi connectivity index (χ0v) is 16.0. The Bertz CT molecular complexity index is 868. The summed E-state index contributed by atoms with van der Waals surface area (Å²) in [5, 5.41) is 14.1. The van der Waals surface area contributed by atoms with Crippen molar-refractivity contribution in [3.05, 3.63) is 42.5 Å². The van der Waals surface area contributed by atoms with E-state index in [0.29, 0.717) is 29.2 Å². The Morgan fingerprint density at radius 2 is 2.08 bits per heavy atom. The van der Waals surface area contributed by atoms with Gasteiger partial charge in [0.25, 0.3) is 0 Å². The fourth-order valence-corrected chi connectivity index (χ4v) is 2.42. The maximum atomic E-state index is 11.2. The summed E-state index contributed by atoms with van der Waals surface area (Å²) in [6, 6.07) is 6.45. The molecule has 1 atom stereocenters. The first-order valence-electron chi connectivity index (χ1n) is 6.93. The van der Waals surface area contributed by atoms with Crippen LogP contribution < -0.4 is 40.0 Å². The Morgan fingerprint density at radius 3 is 2.79 bits per heavy atom. The molecule has 0 aliphatic carbocycles. The Hall–Kier alpha value is -1.67. The number of rotatable bonds is 5. The van der Waals surface area contributed by atoms with E-state index in [0.717, 1.165) is 0 Å². The number of aromatic nitrogens is 4. The van der Waals surface area contributed by atoms with Crippen LogP contribution in [-0.4, -0.2) is 30.9 Å². The Labute approximate surface area is 165 Å². The predicted molar refractivity (Wildman–Crippen MR) is 84.7 cm³/mol. The van der Waals surface area contributed by atoms with Crippen LogP contribution in [0.15, 0.2) is 36.9 Å². The van der Waals surface area contributed by atoms with Crippen LogP contribution in [-0.2, 0) is 6.54 Å². The van der Waals surface area contributed by atoms with Crippen molar-refractivity contribution in [2.24, 2.45) is 0 Å². The summed E-state index contributed by atoms with van der Waals surface area (Å²) in [4.78, 5) is 23.8. The van der Waals surface area contributed by atoms with Crippen LogP contribution in [0, 0.1) is 0 Å². The standard InChI is InChI=1S/C15H14ClN5O2.Na/c1-9(16)6-21-8-19-12-13(17-7-18-14(12)21)20-11-5-3-2-4-10(11)15(22)23;/h2-5,7-9H,6H2,1H3,(H,22,23)(H,17,18,20);/q;+1/p-1. The topological polar surface area (TPSA) is 95.8 Å². The van der Waals surface area contributed by atoms with Crippen molar-refractivity contribution >= 4 is 40.2 Å². The first-order valence-corrected chi connectivity index (χ1v) is 7.37. The molecule has 3 aromatic rings. The van der Waals surface area contributed by atoms with Gasteiger partial charge in [0.2, 0.25) is 0 Å². The minimum absolute atomic E-state index is 0. The number of imidazole rings is 1. The Kier molecular flexibility index (Phi) is 6.17. The van der Waals surface area contributed by atoms with Gasteiger partial charge in [-0.05, 0) is 13.0 Å². The number of nitrogens with one attached hydrogen (secondary N) is 1. The molecule has 0 saturated carbocycles. The fraction of sp³-hybridized carbons (Fsp3) is 0.200. The van der Waals surface area contributed by atoms with E-state index in [9.17, 15) is 9.90 Å². The number of anilines is 2. The van der Waals surface area contributed by atoms with Crippen LogP contribution in [0.5, 0.6) is 0 Å². The van der Waals surface area contributed by atoms with Crippen molar-refractivity contribution in [2.45, 2.75) is 18.8 Å².